The molecular formula is C13H12N2O2. The molecule has 1 aromatic carbocycles. The molecular weight excluding hydrogens is 216 g/mol. The van der Waals surface area contributed by atoms with Crippen LogP contribution in [-0.4, -0.2) is 22.6 Å². The Hall–Kier alpha value is -2.36. The van der Waals surface area contributed by atoms with Crippen LogP contribution in [-0.2, 0) is 9.53 Å². The summed E-state index contributed by atoms with van der Waals surface area (Å²) >= 11 is 0. The Morgan fingerprint density at radius 2 is 2.06 bits per heavy atom. The summed E-state index contributed by atoms with van der Waals surface area (Å²) in [5.74, 6) is -0.416. The highest BCUT2D eigenvalue weighted by Gasteiger charge is 2.08. The first-order valence-corrected chi connectivity index (χ1v) is 5.08. The number of esters is 1. The molecule has 1 heterocycles. The second-order valence-corrected chi connectivity index (χ2v) is 3.49. The first-order valence-electron chi connectivity index (χ1n) is 5.08. The molecule has 0 unspecified atom stereocenters. The molecule has 17 heavy (non-hydrogen) atoms. The predicted molar refractivity (Wildman–Crippen MR) is 64.6 cm³/mol. The van der Waals surface area contributed by atoms with Crippen LogP contribution in [0.3, 0.4) is 0 Å². The van der Waals surface area contributed by atoms with Crippen LogP contribution in [0.1, 0.15) is 5.56 Å². The fraction of sp³-hybridized carbons (Fsp3) is 0.0769. The van der Waals surface area contributed by atoms with E-state index in [0.29, 0.717) is 5.57 Å². The average molecular weight is 228 g/mol. The van der Waals surface area contributed by atoms with Crippen molar-refractivity contribution in [2.45, 2.75) is 0 Å². The van der Waals surface area contributed by atoms with Gasteiger partial charge in [0.25, 0.3) is 0 Å². The summed E-state index contributed by atoms with van der Waals surface area (Å²) < 4.78 is 6.49. The maximum atomic E-state index is 11.3. The fourth-order valence-corrected chi connectivity index (χ4v) is 1.49. The first-order chi connectivity index (χ1) is 8.22. The van der Waals surface area contributed by atoms with Gasteiger partial charge in [-0.3, -0.25) is 0 Å². The van der Waals surface area contributed by atoms with Crippen molar-refractivity contribution in [3.8, 4) is 5.69 Å². The first kappa shape index (κ1) is 11.1. The number of benzene rings is 1. The Kier molecular flexibility index (Phi) is 3.05. The smallest absolute Gasteiger partial charge is 0.337 e. The second-order valence-electron chi connectivity index (χ2n) is 3.49. The number of ether oxygens (including phenoxy) is 1. The van der Waals surface area contributed by atoms with Gasteiger partial charge in [-0.1, -0.05) is 18.7 Å². The van der Waals surface area contributed by atoms with Crippen molar-refractivity contribution >= 4 is 11.5 Å². The number of carbonyl (C=O) groups excluding carboxylic acids is 1. The Balaban J connectivity index is 2.25. The van der Waals surface area contributed by atoms with Crippen molar-refractivity contribution in [2.24, 2.45) is 0 Å². The zero-order valence-corrected chi connectivity index (χ0v) is 9.46. The van der Waals surface area contributed by atoms with Gasteiger partial charge in [0.05, 0.1) is 19.0 Å². The van der Waals surface area contributed by atoms with Crippen molar-refractivity contribution in [1.29, 1.82) is 0 Å². The molecule has 1 aromatic heterocycles. The number of carbonyl (C=O) groups is 1. The molecule has 0 fully saturated rings. The zero-order valence-electron chi connectivity index (χ0n) is 9.46. The van der Waals surface area contributed by atoms with Gasteiger partial charge < -0.3 is 9.30 Å². The number of imidazole rings is 1. The van der Waals surface area contributed by atoms with Crippen LogP contribution >= 0.6 is 0 Å². The lowest BCUT2D eigenvalue weighted by molar-refractivity contribution is -0.133. The standard InChI is InChI=1S/C13H12N2O2/c1-10(13(16)17-2)11-3-5-12(6-4-11)15-8-7-14-9-15/h3-9H,1H2,2H3. The van der Waals surface area contributed by atoms with Gasteiger partial charge in [-0.15, -0.1) is 0 Å². The monoisotopic (exact) mass is 228 g/mol. The van der Waals surface area contributed by atoms with Crippen LogP contribution in [0.4, 0.5) is 0 Å². The highest BCUT2D eigenvalue weighted by atomic mass is 16.5. The zero-order chi connectivity index (χ0) is 12.3. The SMILES string of the molecule is C=C(C(=O)OC)c1ccc(-n2ccnc2)cc1. The van der Waals surface area contributed by atoms with Gasteiger partial charge in [0.15, 0.2) is 0 Å². The third-order valence-electron chi connectivity index (χ3n) is 2.45. The van der Waals surface area contributed by atoms with E-state index in [-0.39, 0.29) is 0 Å². The molecule has 0 bridgehead atoms. The van der Waals surface area contributed by atoms with E-state index >= 15 is 0 Å². The molecule has 0 amide bonds. The van der Waals surface area contributed by atoms with Gasteiger partial charge in [0, 0.05) is 18.1 Å². The molecule has 2 rings (SSSR count). The van der Waals surface area contributed by atoms with Gasteiger partial charge in [0.1, 0.15) is 0 Å². The number of rotatable bonds is 3. The van der Waals surface area contributed by atoms with Crippen LogP contribution in [0.2, 0.25) is 0 Å². The van der Waals surface area contributed by atoms with Gasteiger partial charge in [-0.05, 0) is 17.7 Å². The number of hydrogen-bond acceptors (Lipinski definition) is 3. The van der Waals surface area contributed by atoms with Gasteiger partial charge in [0.2, 0.25) is 0 Å². The number of aromatic nitrogens is 2. The minimum Gasteiger partial charge on any atom is -0.465 e. The van der Waals surface area contributed by atoms with E-state index in [0.717, 1.165) is 11.3 Å². The molecule has 0 atom stereocenters. The summed E-state index contributed by atoms with van der Waals surface area (Å²) in [4.78, 5) is 15.3. The average Bonchev–Trinajstić information content (AvgIpc) is 2.91. The molecule has 0 radical (unpaired) electrons. The number of methoxy groups -OCH3 is 1. The maximum absolute atomic E-state index is 11.3. The van der Waals surface area contributed by atoms with Crippen LogP contribution < -0.4 is 0 Å². The summed E-state index contributed by atoms with van der Waals surface area (Å²) in [6, 6.07) is 7.44. The van der Waals surface area contributed by atoms with E-state index in [1.807, 2.05) is 35.0 Å². The lowest BCUT2D eigenvalue weighted by atomic mass is 10.1. The molecule has 0 spiro atoms. The summed E-state index contributed by atoms with van der Waals surface area (Å²) in [7, 11) is 1.34. The van der Waals surface area contributed by atoms with Gasteiger partial charge in [-0.2, -0.15) is 0 Å². The maximum Gasteiger partial charge on any atom is 0.337 e. The lowest BCUT2D eigenvalue weighted by Crippen LogP contribution is -2.02. The Morgan fingerprint density at radius 3 is 2.59 bits per heavy atom. The molecule has 0 N–H and O–H groups in total. The highest BCUT2D eigenvalue weighted by molar-refractivity contribution is 6.15. The normalized spacial score (nSPS) is 9.94. The van der Waals surface area contributed by atoms with E-state index in [9.17, 15) is 4.79 Å². The summed E-state index contributed by atoms with van der Waals surface area (Å²) in [5.41, 5.74) is 2.08. The van der Waals surface area contributed by atoms with Crippen molar-refractivity contribution < 1.29 is 9.53 Å². The van der Waals surface area contributed by atoms with Gasteiger partial charge >= 0.3 is 5.97 Å². The van der Waals surface area contributed by atoms with Crippen molar-refractivity contribution in [3.63, 3.8) is 0 Å². The second kappa shape index (κ2) is 4.65. The summed E-state index contributed by atoms with van der Waals surface area (Å²) in [5, 5.41) is 0. The van der Waals surface area contributed by atoms with Crippen LogP contribution in [0, 0.1) is 0 Å². The molecule has 0 aliphatic heterocycles. The van der Waals surface area contributed by atoms with E-state index in [2.05, 4.69) is 16.3 Å². The molecule has 0 saturated heterocycles. The minimum absolute atomic E-state index is 0.352. The Bertz CT molecular complexity index is 527. The van der Waals surface area contributed by atoms with Crippen LogP contribution in [0.15, 0.2) is 49.6 Å². The van der Waals surface area contributed by atoms with Gasteiger partial charge in [-0.25, -0.2) is 9.78 Å². The quantitative estimate of drug-likeness (QED) is 0.596. The lowest BCUT2D eigenvalue weighted by Gasteiger charge is -2.06. The van der Waals surface area contributed by atoms with Crippen molar-refractivity contribution in [1.82, 2.24) is 9.55 Å². The molecule has 86 valence electrons. The van der Waals surface area contributed by atoms with Crippen molar-refractivity contribution in [3.05, 3.63) is 55.1 Å². The largest absolute Gasteiger partial charge is 0.465 e. The molecule has 4 heteroatoms. The molecule has 4 nitrogen and oxygen atoms in total. The Morgan fingerprint density at radius 1 is 1.35 bits per heavy atom. The summed E-state index contributed by atoms with van der Waals surface area (Å²) in [6.07, 6.45) is 5.27. The number of nitrogens with zero attached hydrogens (tertiary/aromatic N) is 2. The fourth-order valence-electron chi connectivity index (χ4n) is 1.49. The molecule has 2 aromatic rings. The Labute approximate surface area is 99.2 Å². The van der Waals surface area contributed by atoms with E-state index < -0.39 is 5.97 Å². The predicted octanol–water partition coefficient (Wildman–Crippen LogP) is 2.06. The van der Waals surface area contributed by atoms with E-state index in [4.69, 9.17) is 0 Å². The van der Waals surface area contributed by atoms with Crippen LogP contribution in [0.5, 0.6) is 0 Å². The van der Waals surface area contributed by atoms with Crippen LogP contribution in [0.25, 0.3) is 11.3 Å². The molecule has 0 aliphatic rings. The third-order valence-corrected chi connectivity index (χ3v) is 2.45. The third kappa shape index (κ3) is 2.25. The number of hydrogen-bond donors (Lipinski definition) is 0. The topological polar surface area (TPSA) is 44.1 Å². The molecule has 0 aliphatic carbocycles. The molecule has 0 saturated carbocycles. The highest BCUT2D eigenvalue weighted by Crippen LogP contribution is 2.16. The van der Waals surface area contributed by atoms with Crippen molar-refractivity contribution in [2.75, 3.05) is 7.11 Å². The summed E-state index contributed by atoms with van der Waals surface area (Å²) in [6.45, 7) is 3.69. The van der Waals surface area contributed by atoms with E-state index in [1.165, 1.54) is 7.11 Å². The van der Waals surface area contributed by atoms with E-state index in [1.54, 1.807) is 12.5 Å². The minimum atomic E-state index is -0.416.